The van der Waals surface area contributed by atoms with Gasteiger partial charge in [-0.05, 0) is 18.2 Å². The number of ether oxygens (including phenoxy) is 1. The molecule has 3 rings (SSSR count). The molecule has 0 radical (unpaired) electrons. The lowest BCUT2D eigenvalue weighted by molar-refractivity contribution is 0.0600. The van der Waals surface area contributed by atoms with E-state index in [1.807, 2.05) is 13.1 Å². The van der Waals surface area contributed by atoms with Crippen LogP contribution in [0.5, 0.6) is 0 Å². The first-order valence-electron chi connectivity index (χ1n) is 5.62. The summed E-state index contributed by atoms with van der Waals surface area (Å²) in [5.41, 5.74) is 1.89. The highest BCUT2D eigenvalue weighted by Crippen LogP contribution is 2.15. The zero-order valence-corrected chi connectivity index (χ0v) is 10.4. The largest absolute Gasteiger partial charge is 0.465 e. The van der Waals surface area contributed by atoms with Crippen molar-refractivity contribution in [2.75, 3.05) is 7.11 Å². The highest BCUT2D eigenvalue weighted by atomic mass is 16.5. The third-order valence-electron chi connectivity index (χ3n) is 2.80. The average Bonchev–Trinajstić information content (AvgIpc) is 3.02. The Morgan fingerprint density at radius 3 is 2.84 bits per heavy atom. The molecule has 0 aliphatic heterocycles. The molecule has 3 aromatic heterocycles. The Kier molecular flexibility index (Phi) is 2.52. The summed E-state index contributed by atoms with van der Waals surface area (Å²) in [4.78, 5) is 15.8. The van der Waals surface area contributed by atoms with Gasteiger partial charge in [-0.2, -0.15) is 5.10 Å². The minimum Gasteiger partial charge on any atom is -0.465 e. The first kappa shape index (κ1) is 11.4. The second-order valence-electron chi connectivity index (χ2n) is 3.99. The van der Waals surface area contributed by atoms with Gasteiger partial charge in [0.05, 0.1) is 12.7 Å². The number of fused-ring (bicyclic) bond motifs is 1. The van der Waals surface area contributed by atoms with E-state index in [1.165, 1.54) is 7.11 Å². The van der Waals surface area contributed by atoms with Crippen molar-refractivity contribution >= 4 is 11.6 Å². The molecule has 0 bridgehead atoms. The second kappa shape index (κ2) is 4.20. The standard InChI is InChI=1S/C12H11N5O2/c1-16-9(5-6-13-16)11-14-10-4-3-8(12(18)19-2)7-17(10)15-11/h3-7H,1-2H3. The van der Waals surface area contributed by atoms with Crippen LogP contribution in [0.2, 0.25) is 0 Å². The second-order valence-corrected chi connectivity index (χ2v) is 3.99. The van der Waals surface area contributed by atoms with Crippen molar-refractivity contribution in [3.63, 3.8) is 0 Å². The molecule has 0 aliphatic carbocycles. The Hall–Kier alpha value is -2.70. The topological polar surface area (TPSA) is 74.3 Å². The molecule has 0 aliphatic rings. The number of pyridine rings is 1. The molecule has 7 nitrogen and oxygen atoms in total. The van der Waals surface area contributed by atoms with E-state index in [2.05, 4.69) is 19.9 Å². The van der Waals surface area contributed by atoms with E-state index in [9.17, 15) is 4.79 Å². The van der Waals surface area contributed by atoms with E-state index in [0.29, 0.717) is 17.0 Å². The molecule has 19 heavy (non-hydrogen) atoms. The van der Waals surface area contributed by atoms with Crippen molar-refractivity contribution < 1.29 is 9.53 Å². The summed E-state index contributed by atoms with van der Waals surface area (Å²) >= 11 is 0. The zero-order chi connectivity index (χ0) is 13.4. The van der Waals surface area contributed by atoms with Crippen LogP contribution in [-0.4, -0.2) is 37.5 Å². The number of hydrogen-bond donors (Lipinski definition) is 0. The Morgan fingerprint density at radius 2 is 2.16 bits per heavy atom. The molecule has 0 fully saturated rings. The molecule has 0 amide bonds. The van der Waals surface area contributed by atoms with Gasteiger partial charge in [0, 0.05) is 19.4 Å². The third-order valence-corrected chi connectivity index (χ3v) is 2.80. The monoisotopic (exact) mass is 257 g/mol. The maximum atomic E-state index is 11.4. The summed E-state index contributed by atoms with van der Waals surface area (Å²) in [5.74, 6) is 0.154. The van der Waals surface area contributed by atoms with Crippen molar-refractivity contribution in [1.82, 2.24) is 24.4 Å². The van der Waals surface area contributed by atoms with E-state index in [-0.39, 0.29) is 0 Å². The van der Waals surface area contributed by atoms with Gasteiger partial charge in [0.1, 0.15) is 5.69 Å². The Morgan fingerprint density at radius 1 is 1.32 bits per heavy atom. The van der Waals surface area contributed by atoms with Gasteiger partial charge >= 0.3 is 5.97 Å². The SMILES string of the molecule is COC(=O)c1ccc2nc(-c3ccnn3C)nn2c1. The molecule has 0 saturated carbocycles. The van der Waals surface area contributed by atoms with E-state index in [1.54, 1.807) is 33.7 Å². The van der Waals surface area contributed by atoms with Gasteiger partial charge in [0.15, 0.2) is 11.5 Å². The summed E-state index contributed by atoms with van der Waals surface area (Å²) in [6, 6.07) is 5.21. The van der Waals surface area contributed by atoms with Gasteiger partial charge < -0.3 is 4.74 Å². The van der Waals surface area contributed by atoms with Crippen LogP contribution in [-0.2, 0) is 11.8 Å². The molecule has 0 spiro atoms. The molecule has 0 unspecified atom stereocenters. The Labute approximate surface area is 108 Å². The highest BCUT2D eigenvalue weighted by molar-refractivity contribution is 5.89. The number of carbonyl (C=O) groups excluding carboxylic acids is 1. The molecule has 3 aromatic rings. The van der Waals surface area contributed by atoms with Gasteiger partial charge in [-0.15, -0.1) is 5.10 Å². The van der Waals surface area contributed by atoms with E-state index in [0.717, 1.165) is 5.69 Å². The Bertz CT molecular complexity index is 758. The number of aryl methyl sites for hydroxylation is 1. The van der Waals surface area contributed by atoms with Gasteiger partial charge in [-0.25, -0.2) is 14.3 Å². The first-order chi connectivity index (χ1) is 9.19. The van der Waals surface area contributed by atoms with Crippen LogP contribution in [0.4, 0.5) is 0 Å². The molecule has 0 saturated heterocycles. The third kappa shape index (κ3) is 1.85. The number of aromatic nitrogens is 5. The summed E-state index contributed by atoms with van der Waals surface area (Å²) in [5, 5.41) is 8.41. The average molecular weight is 257 g/mol. The minimum atomic E-state index is -0.403. The Balaban J connectivity index is 2.11. The fraction of sp³-hybridized carbons (Fsp3) is 0.167. The number of nitrogens with zero attached hydrogens (tertiary/aromatic N) is 5. The van der Waals surface area contributed by atoms with Crippen molar-refractivity contribution in [3.05, 3.63) is 36.2 Å². The molecule has 7 heteroatoms. The van der Waals surface area contributed by atoms with Crippen molar-refractivity contribution in [3.8, 4) is 11.5 Å². The molecule has 3 heterocycles. The van der Waals surface area contributed by atoms with Crippen LogP contribution in [0.15, 0.2) is 30.6 Å². The van der Waals surface area contributed by atoms with Crippen LogP contribution in [0, 0.1) is 0 Å². The zero-order valence-electron chi connectivity index (χ0n) is 10.4. The van der Waals surface area contributed by atoms with E-state index < -0.39 is 5.97 Å². The summed E-state index contributed by atoms with van der Waals surface area (Å²) in [7, 11) is 3.16. The smallest absolute Gasteiger partial charge is 0.339 e. The van der Waals surface area contributed by atoms with E-state index in [4.69, 9.17) is 0 Å². The quantitative estimate of drug-likeness (QED) is 0.638. The van der Waals surface area contributed by atoms with Crippen LogP contribution in [0.1, 0.15) is 10.4 Å². The molecule has 0 aromatic carbocycles. The van der Waals surface area contributed by atoms with E-state index >= 15 is 0 Å². The van der Waals surface area contributed by atoms with Gasteiger partial charge in [0.25, 0.3) is 0 Å². The van der Waals surface area contributed by atoms with Crippen LogP contribution in [0.25, 0.3) is 17.2 Å². The van der Waals surface area contributed by atoms with Gasteiger partial charge in [0.2, 0.25) is 0 Å². The summed E-state index contributed by atoms with van der Waals surface area (Å²) in [6.07, 6.45) is 3.27. The summed E-state index contributed by atoms with van der Waals surface area (Å²) < 4.78 is 7.91. The lowest BCUT2D eigenvalue weighted by Gasteiger charge is -1.98. The van der Waals surface area contributed by atoms with Crippen LogP contribution < -0.4 is 0 Å². The fourth-order valence-electron chi connectivity index (χ4n) is 1.82. The molecule has 0 atom stereocenters. The number of methoxy groups -OCH3 is 1. The number of hydrogen-bond acceptors (Lipinski definition) is 5. The van der Waals surface area contributed by atoms with Gasteiger partial charge in [-0.1, -0.05) is 0 Å². The fourth-order valence-corrected chi connectivity index (χ4v) is 1.82. The summed E-state index contributed by atoms with van der Waals surface area (Å²) in [6.45, 7) is 0. The van der Waals surface area contributed by atoms with Crippen molar-refractivity contribution in [1.29, 1.82) is 0 Å². The molecule has 0 N–H and O–H groups in total. The molecular formula is C12H11N5O2. The highest BCUT2D eigenvalue weighted by Gasteiger charge is 2.12. The number of esters is 1. The van der Waals surface area contributed by atoms with Crippen LogP contribution in [0.3, 0.4) is 0 Å². The van der Waals surface area contributed by atoms with Crippen molar-refractivity contribution in [2.24, 2.45) is 7.05 Å². The first-order valence-corrected chi connectivity index (χ1v) is 5.62. The normalized spacial score (nSPS) is 10.8. The lowest BCUT2D eigenvalue weighted by atomic mass is 10.3. The maximum Gasteiger partial charge on any atom is 0.339 e. The van der Waals surface area contributed by atoms with Crippen LogP contribution >= 0.6 is 0 Å². The minimum absolute atomic E-state index is 0.403. The predicted molar refractivity (Wildman–Crippen MR) is 66.5 cm³/mol. The number of carbonyl (C=O) groups is 1. The van der Waals surface area contributed by atoms with Gasteiger partial charge in [-0.3, -0.25) is 4.68 Å². The predicted octanol–water partition coefficient (Wildman–Crippen LogP) is 0.916. The van der Waals surface area contributed by atoms with Crippen molar-refractivity contribution in [2.45, 2.75) is 0 Å². The number of rotatable bonds is 2. The molecule has 96 valence electrons. The molecular weight excluding hydrogens is 246 g/mol. The lowest BCUT2D eigenvalue weighted by Crippen LogP contribution is -2.03. The maximum absolute atomic E-state index is 11.4.